The number of amides is 2. The molecule has 0 saturated carbocycles. The molecule has 0 aliphatic carbocycles. The van der Waals surface area contributed by atoms with Crippen LogP contribution < -0.4 is 5.56 Å². The van der Waals surface area contributed by atoms with Crippen molar-refractivity contribution in [2.75, 3.05) is 46.3 Å². The number of likely N-dealkylation sites (tertiary alicyclic amines) is 1. The molecule has 40 heavy (non-hydrogen) atoms. The van der Waals surface area contributed by atoms with Crippen LogP contribution >= 0.6 is 0 Å². The Morgan fingerprint density at radius 2 is 1.62 bits per heavy atom. The van der Waals surface area contributed by atoms with Gasteiger partial charge in [0.05, 0.1) is 0 Å². The van der Waals surface area contributed by atoms with Crippen LogP contribution in [0.3, 0.4) is 0 Å². The predicted molar refractivity (Wildman–Crippen MR) is 159 cm³/mol. The lowest BCUT2D eigenvalue weighted by Crippen LogP contribution is -2.53. The van der Waals surface area contributed by atoms with Crippen LogP contribution in [-0.4, -0.2) is 82.4 Å². The summed E-state index contributed by atoms with van der Waals surface area (Å²) in [6.07, 6.45) is 2.62. The molecule has 2 aromatic heterocycles. The molecule has 0 spiro atoms. The summed E-state index contributed by atoms with van der Waals surface area (Å²) in [6, 6.07) is 10.5. The second-order valence-corrected chi connectivity index (χ2v) is 11.9. The van der Waals surface area contributed by atoms with E-state index in [1.165, 1.54) is 0 Å². The van der Waals surface area contributed by atoms with Crippen molar-refractivity contribution < 1.29 is 9.59 Å². The number of pyridine rings is 1. The molecule has 1 N–H and O–H groups in total. The van der Waals surface area contributed by atoms with Crippen molar-refractivity contribution in [3.8, 4) is 0 Å². The van der Waals surface area contributed by atoms with Gasteiger partial charge in [0.15, 0.2) is 5.78 Å². The maximum Gasteiger partial charge on any atom is 0.320 e. The number of carbonyl (C=O) groups excluding carboxylic acids is 2. The molecule has 2 saturated heterocycles. The molecule has 0 bridgehead atoms. The van der Waals surface area contributed by atoms with E-state index in [1.54, 1.807) is 0 Å². The number of likely N-dealkylation sites (N-methyl/N-ethyl adjacent to an activating group) is 1. The van der Waals surface area contributed by atoms with Gasteiger partial charge in [-0.2, -0.15) is 0 Å². The number of nitrogens with one attached hydrogen (secondary N) is 1. The number of para-hydroxylation sites is 1. The largest absolute Gasteiger partial charge is 0.341 e. The first-order chi connectivity index (χ1) is 19.2. The summed E-state index contributed by atoms with van der Waals surface area (Å²) in [4.78, 5) is 48.5. The number of H-pyrrole nitrogens is 1. The summed E-state index contributed by atoms with van der Waals surface area (Å²) in [5.41, 5.74) is 5.19. The van der Waals surface area contributed by atoms with Crippen LogP contribution in [-0.2, 0) is 6.42 Å². The van der Waals surface area contributed by atoms with Gasteiger partial charge in [0, 0.05) is 85.1 Å². The zero-order chi connectivity index (χ0) is 28.6. The molecule has 1 aromatic carbocycles. The number of urea groups is 1. The summed E-state index contributed by atoms with van der Waals surface area (Å²) in [5.74, 6) is 0.495. The van der Waals surface area contributed by atoms with Crippen molar-refractivity contribution in [1.29, 1.82) is 0 Å². The highest BCUT2D eigenvalue weighted by Gasteiger charge is 2.32. The third kappa shape index (κ3) is 5.46. The number of aromatic nitrogens is 2. The van der Waals surface area contributed by atoms with Crippen molar-refractivity contribution in [3.63, 3.8) is 0 Å². The number of piperidine rings is 1. The first kappa shape index (κ1) is 28.1. The van der Waals surface area contributed by atoms with E-state index in [0.29, 0.717) is 24.3 Å². The number of fused-ring (bicyclic) bond motifs is 1. The van der Waals surface area contributed by atoms with E-state index in [0.717, 1.165) is 85.5 Å². The zero-order valence-corrected chi connectivity index (χ0v) is 24.6. The van der Waals surface area contributed by atoms with Crippen LogP contribution in [0.1, 0.15) is 65.1 Å². The van der Waals surface area contributed by atoms with E-state index in [1.807, 2.05) is 47.9 Å². The summed E-state index contributed by atoms with van der Waals surface area (Å²) in [5, 5.41) is 0.981. The topological polar surface area (TPSA) is 81.7 Å². The average molecular weight is 546 g/mol. The van der Waals surface area contributed by atoms with Gasteiger partial charge in [0.2, 0.25) is 0 Å². The number of nitrogens with zero attached hydrogens (tertiary/aromatic N) is 4. The Kier molecular flexibility index (Phi) is 8.17. The molecular formula is C32H43N5O3. The van der Waals surface area contributed by atoms with E-state index in [9.17, 15) is 14.4 Å². The Hall–Kier alpha value is -3.39. The smallest absolute Gasteiger partial charge is 0.320 e. The number of Topliss-reactive ketones (excluding diaryl/α,β-unsaturated/α-hetero) is 1. The van der Waals surface area contributed by atoms with Crippen molar-refractivity contribution >= 4 is 22.7 Å². The Morgan fingerprint density at radius 3 is 2.30 bits per heavy atom. The molecule has 214 valence electrons. The molecule has 0 unspecified atom stereocenters. The van der Waals surface area contributed by atoms with Crippen LogP contribution in [0.15, 0.2) is 35.1 Å². The highest BCUT2D eigenvalue weighted by atomic mass is 16.2. The van der Waals surface area contributed by atoms with Crippen molar-refractivity contribution in [1.82, 2.24) is 24.3 Å². The lowest BCUT2D eigenvalue weighted by Gasteiger charge is -2.40. The average Bonchev–Trinajstić information content (AvgIpc) is 3.23. The van der Waals surface area contributed by atoms with Gasteiger partial charge in [-0.25, -0.2) is 4.79 Å². The number of piperazine rings is 1. The third-order valence-corrected chi connectivity index (χ3v) is 9.20. The standard InChI is InChI=1S/C32H43N5O3/c1-21-20-22(2)33-31(39)26(21)10-11-29(38)30-24(4)37(28-9-7-6-8-27(28)30)23(3)25-12-14-35(15-13-25)32(40)36-18-16-34(5)17-19-36/h6-9,20,23,25H,10-19H2,1-5H3,(H,33,39)/t23-/m1/s1. The van der Waals surface area contributed by atoms with Gasteiger partial charge in [-0.1, -0.05) is 18.2 Å². The van der Waals surface area contributed by atoms with E-state index in [2.05, 4.69) is 41.4 Å². The van der Waals surface area contributed by atoms with Crippen LogP contribution in [0, 0.1) is 26.7 Å². The molecule has 5 rings (SSSR count). The summed E-state index contributed by atoms with van der Waals surface area (Å²) >= 11 is 0. The lowest BCUT2D eigenvalue weighted by atomic mass is 9.90. The Balaban J connectivity index is 1.31. The lowest BCUT2D eigenvalue weighted by molar-refractivity contribution is 0.0979. The first-order valence-corrected chi connectivity index (χ1v) is 14.7. The second kappa shape index (κ2) is 11.6. The van der Waals surface area contributed by atoms with Crippen molar-refractivity contribution in [2.45, 2.75) is 59.4 Å². The van der Waals surface area contributed by atoms with Gasteiger partial charge < -0.3 is 24.3 Å². The van der Waals surface area contributed by atoms with E-state index < -0.39 is 0 Å². The summed E-state index contributed by atoms with van der Waals surface area (Å²) in [6.45, 7) is 13.1. The number of benzene rings is 1. The fraction of sp³-hybridized carbons (Fsp3) is 0.531. The molecule has 2 amide bonds. The molecule has 2 fully saturated rings. The quantitative estimate of drug-likeness (QED) is 0.455. The van der Waals surface area contributed by atoms with Gasteiger partial charge in [0.1, 0.15) is 0 Å². The molecule has 8 heteroatoms. The second-order valence-electron chi connectivity index (χ2n) is 11.9. The highest BCUT2D eigenvalue weighted by Crippen LogP contribution is 2.36. The minimum absolute atomic E-state index is 0.0756. The summed E-state index contributed by atoms with van der Waals surface area (Å²) < 4.78 is 2.34. The number of hydrogen-bond donors (Lipinski definition) is 1. The number of hydrogen-bond acceptors (Lipinski definition) is 4. The predicted octanol–water partition coefficient (Wildman–Crippen LogP) is 4.71. The molecule has 2 aliphatic heterocycles. The highest BCUT2D eigenvalue weighted by molar-refractivity contribution is 6.09. The van der Waals surface area contributed by atoms with Gasteiger partial charge in [-0.05, 0) is 77.6 Å². The Morgan fingerprint density at radius 1 is 0.975 bits per heavy atom. The van der Waals surface area contributed by atoms with Gasteiger partial charge >= 0.3 is 6.03 Å². The molecule has 2 aliphatic rings. The monoisotopic (exact) mass is 545 g/mol. The minimum Gasteiger partial charge on any atom is -0.341 e. The number of ketones is 1. The van der Waals surface area contributed by atoms with Gasteiger partial charge in [-0.15, -0.1) is 0 Å². The van der Waals surface area contributed by atoms with Crippen molar-refractivity contribution in [3.05, 3.63) is 68.8 Å². The van der Waals surface area contributed by atoms with Crippen LogP contribution in [0.2, 0.25) is 0 Å². The maximum atomic E-state index is 13.7. The summed E-state index contributed by atoms with van der Waals surface area (Å²) in [7, 11) is 2.10. The maximum absolute atomic E-state index is 13.7. The minimum atomic E-state index is -0.101. The Bertz CT molecular complexity index is 1460. The van der Waals surface area contributed by atoms with E-state index in [4.69, 9.17) is 0 Å². The molecule has 8 nitrogen and oxygen atoms in total. The SMILES string of the molecule is Cc1cc(C)c(CCC(=O)c2c(C)n([C@H](C)C3CCN(C(=O)N4CCN(C)CC4)CC3)c3ccccc23)c(=O)[nH]1. The van der Waals surface area contributed by atoms with Gasteiger partial charge in [-0.3, -0.25) is 9.59 Å². The van der Waals surface area contributed by atoms with Crippen LogP contribution in [0.25, 0.3) is 10.9 Å². The number of carbonyl (C=O) groups is 2. The fourth-order valence-electron chi connectivity index (χ4n) is 6.81. The third-order valence-electron chi connectivity index (χ3n) is 9.20. The van der Waals surface area contributed by atoms with E-state index >= 15 is 0 Å². The molecule has 0 radical (unpaired) electrons. The van der Waals surface area contributed by atoms with Crippen LogP contribution in [0.5, 0.6) is 0 Å². The molecular weight excluding hydrogens is 502 g/mol. The zero-order valence-electron chi connectivity index (χ0n) is 24.6. The Labute approximate surface area is 236 Å². The number of rotatable bonds is 6. The molecule has 3 aromatic rings. The fourth-order valence-corrected chi connectivity index (χ4v) is 6.81. The van der Waals surface area contributed by atoms with E-state index in [-0.39, 0.29) is 23.4 Å². The first-order valence-electron chi connectivity index (χ1n) is 14.7. The molecule has 1 atom stereocenters. The number of aryl methyl sites for hydroxylation is 2. The van der Waals surface area contributed by atoms with Crippen molar-refractivity contribution in [2.24, 2.45) is 5.92 Å². The van der Waals surface area contributed by atoms with Crippen LogP contribution in [0.4, 0.5) is 4.79 Å². The normalized spacial score (nSPS) is 17.9. The molecule has 4 heterocycles. The number of aromatic amines is 1. The van der Waals surface area contributed by atoms with Gasteiger partial charge in [0.25, 0.3) is 5.56 Å².